The molecule has 1 saturated carbocycles. The van der Waals surface area contributed by atoms with E-state index in [2.05, 4.69) is 65.0 Å². The summed E-state index contributed by atoms with van der Waals surface area (Å²) in [6, 6.07) is 9.03. The van der Waals surface area contributed by atoms with Gasteiger partial charge in [0.2, 0.25) is 5.95 Å². The van der Waals surface area contributed by atoms with E-state index < -0.39 is 0 Å². The Balaban J connectivity index is 1.36. The summed E-state index contributed by atoms with van der Waals surface area (Å²) in [6.07, 6.45) is 4.69. The molecule has 2 fully saturated rings. The van der Waals surface area contributed by atoms with Gasteiger partial charge < -0.3 is 25.2 Å². The largest absolute Gasteiger partial charge is 0.495 e. The Hall–Kier alpha value is -2.58. The van der Waals surface area contributed by atoms with Crippen molar-refractivity contribution in [3.05, 3.63) is 29.6 Å². The molecule has 170 valence electrons. The van der Waals surface area contributed by atoms with Crippen molar-refractivity contribution in [2.45, 2.75) is 44.2 Å². The number of aromatic nitrogens is 2. The smallest absolute Gasteiger partial charge is 0.230 e. The lowest BCUT2D eigenvalue weighted by molar-refractivity contribution is 0.249. The van der Waals surface area contributed by atoms with E-state index in [1.165, 1.54) is 25.7 Å². The van der Waals surface area contributed by atoms with Crippen LogP contribution in [0, 0.1) is 0 Å². The number of nitrogens with zero attached hydrogens (tertiary/aromatic N) is 4. The number of thiophene rings is 1. The van der Waals surface area contributed by atoms with Crippen LogP contribution in [0.25, 0.3) is 10.2 Å². The Morgan fingerprint density at radius 2 is 1.94 bits per heavy atom. The molecule has 0 unspecified atom stereocenters. The van der Waals surface area contributed by atoms with Crippen molar-refractivity contribution in [3.8, 4) is 5.75 Å². The highest BCUT2D eigenvalue weighted by Gasteiger charge is 2.38. The normalized spacial score (nSPS) is 18.2. The first-order valence-electron chi connectivity index (χ1n) is 11.3. The SMILES string of the molecule is COc1cc(Nc2nc(NC3(C)CC3)c3ccsc3n2)ccc1N1CCC(N(C)C)CC1. The maximum atomic E-state index is 5.76. The number of anilines is 4. The van der Waals surface area contributed by atoms with Crippen LogP contribution in [-0.2, 0) is 0 Å². The summed E-state index contributed by atoms with van der Waals surface area (Å²) >= 11 is 1.64. The van der Waals surface area contributed by atoms with Gasteiger partial charge in [0.15, 0.2) is 0 Å². The molecule has 1 aliphatic heterocycles. The summed E-state index contributed by atoms with van der Waals surface area (Å²) in [5.41, 5.74) is 2.23. The molecule has 0 amide bonds. The Morgan fingerprint density at radius 3 is 2.62 bits per heavy atom. The van der Waals surface area contributed by atoms with Crippen LogP contribution in [0.5, 0.6) is 5.75 Å². The van der Waals surface area contributed by atoms with E-state index in [9.17, 15) is 0 Å². The number of fused-ring (bicyclic) bond motifs is 1. The molecule has 32 heavy (non-hydrogen) atoms. The van der Waals surface area contributed by atoms with Crippen molar-refractivity contribution in [3.63, 3.8) is 0 Å². The third-order valence-electron chi connectivity index (χ3n) is 6.72. The van der Waals surface area contributed by atoms with Crippen LogP contribution in [0.15, 0.2) is 29.6 Å². The van der Waals surface area contributed by atoms with Crippen LogP contribution in [0.2, 0.25) is 0 Å². The van der Waals surface area contributed by atoms with Gasteiger partial charge in [0.05, 0.1) is 18.2 Å². The van der Waals surface area contributed by atoms with Gasteiger partial charge in [-0.1, -0.05) is 0 Å². The summed E-state index contributed by atoms with van der Waals surface area (Å²) in [5, 5.41) is 10.2. The number of methoxy groups -OCH3 is 1. The highest BCUT2D eigenvalue weighted by atomic mass is 32.1. The number of benzene rings is 1. The molecule has 2 N–H and O–H groups in total. The second-order valence-electron chi connectivity index (χ2n) is 9.41. The Kier molecular flexibility index (Phi) is 5.59. The van der Waals surface area contributed by atoms with Crippen LogP contribution in [0.3, 0.4) is 0 Å². The number of rotatable bonds is 7. The molecular formula is C24H32N6OS. The van der Waals surface area contributed by atoms with Crippen LogP contribution in [0.1, 0.15) is 32.6 Å². The first-order valence-corrected chi connectivity index (χ1v) is 12.2. The standard InChI is InChI=1S/C24H32N6OS/c1-24(10-11-24)28-21-18-9-14-32-22(18)27-23(26-21)25-16-5-6-19(20(15-16)31-4)30-12-7-17(8-13-30)29(2)3/h5-6,9,14-15,17H,7-8,10-13H2,1-4H3,(H2,25,26,27,28). The molecule has 3 heterocycles. The molecule has 7 nitrogen and oxygen atoms in total. The fourth-order valence-corrected chi connectivity index (χ4v) is 5.14. The number of piperidine rings is 1. The average Bonchev–Trinajstić information content (AvgIpc) is 3.31. The molecule has 8 heteroatoms. The van der Waals surface area contributed by atoms with E-state index in [0.29, 0.717) is 12.0 Å². The Bertz CT molecular complexity index is 1100. The minimum atomic E-state index is 0.158. The van der Waals surface area contributed by atoms with Crippen LogP contribution in [0.4, 0.5) is 23.1 Å². The molecule has 2 aliphatic rings. The van der Waals surface area contributed by atoms with E-state index in [1.807, 2.05) is 6.07 Å². The zero-order valence-electron chi connectivity index (χ0n) is 19.3. The third kappa shape index (κ3) is 4.34. The molecular weight excluding hydrogens is 420 g/mol. The average molecular weight is 453 g/mol. The van der Waals surface area contributed by atoms with Crippen molar-refractivity contribution in [2.24, 2.45) is 0 Å². The van der Waals surface area contributed by atoms with Crippen molar-refractivity contribution in [1.29, 1.82) is 0 Å². The molecule has 3 aromatic rings. The summed E-state index contributed by atoms with van der Waals surface area (Å²) in [5.74, 6) is 2.39. The molecule has 0 radical (unpaired) electrons. The van der Waals surface area contributed by atoms with Crippen molar-refractivity contribution in [2.75, 3.05) is 49.8 Å². The van der Waals surface area contributed by atoms with E-state index in [-0.39, 0.29) is 5.54 Å². The van der Waals surface area contributed by atoms with Crippen LogP contribution < -0.4 is 20.3 Å². The highest BCUT2D eigenvalue weighted by Crippen LogP contribution is 2.40. The quantitative estimate of drug-likeness (QED) is 0.526. The second-order valence-corrected chi connectivity index (χ2v) is 10.3. The van der Waals surface area contributed by atoms with Gasteiger partial charge in [0, 0.05) is 36.4 Å². The van der Waals surface area contributed by atoms with Crippen LogP contribution >= 0.6 is 11.3 Å². The van der Waals surface area contributed by atoms with E-state index in [4.69, 9.17) is 14.7 Å². The van der Waals surface area contributed by atoms with Gasteiger partial charge in [-0.15, -0.1) is 11.3 Å². The van der Waals surface area contributed by atoms with Crippen molar-refractivity contribution < 1.29 is 4.74 Å². The van der Waals surface area contributed by atoms with Crippen molar-refractivity contribution >= 4 is 44.7 Å². The topological polar surface area (TPSA) is 65.5 Å². The summed E-state index contributed by atoms with van der Waals surface area (Å²) in [6.45, 7) is 4.32. The van der Waals surface area contributed by atoms with E-state index >= 15 is 0 Å². The first-order chi connectivity index (χ1) is 15.4. The molecule has 5 rings (SSSR count). The fourth-order valence-electron chi connectivity index (χ4n) is 4.37. The van der Waals surface area contributed by atoms with Gasteiger partial charge in [-0.05, 0) is 70.3 Å². The number of nitrogens with one attached hydrogen (secondary N) is 2. The van der Waals surface area contributed by atoms with Crippen LogP contribution in [-0.4, -0.2) is 60.7 Å². The summed E-state index contributed by atoms with van der Waals surface area (Å²) in [4.78, 5) is 15.3. The molecule has 1 aromatic carbocycles. The fraction of sp³-hybridized carbons (Fsp3) is 0.500. The number of hydrogen-bond donors (Lipinski definition) is 2. The molecule has 0 bridgehead atoms. The van der Waals surface area contributed by atoms with Gasteiger partial charge >= 0.3 is 0 Å². The maximum Gasteiger partial charge on any atom is 0.230 e. The predicted molar refractivity (Wildman–Crippen MR) is 134 cm³/mol. The van der Waals surface area contributed by atoms with Gasteiger partial charge in [-0.3, -0.25) is 0 Å². The van der Waals surface area contributed by atoms with Gasteiger partial charge in [0.1, 0.15) is 16.4 Å². The molecule has 2 aromatic heterocycles. The van der Waals surface area contributed by atoms with Gasteiger partial charge in [0.25, 0.3) is 0 Å². The molecule has 1 aliphatic carbocycles. The zero-order valence-corrected chi connectivity index (χ0v) is 20.1. The summed E-state index contributed by atoms with van der Waals surface area (Å²) in [7, 11) is 6.08. The highest BCUT2D eigenvalue weighted by molar-refractivity contribution is 7.16. The monoisotopic (exact) mass is 452 g/mol. The predicted octanol–water partition coefficient (Wildman–Crippen LogP) is 4.94. The maximum absolute atomic E-state index is 5.76. The number of ether oxygens (including phenoxy) is 1. The van der Waals surface area contributed by atoms with E-state index in [1.54, 1.807) is 18.4 Å². The zero-order chi connectivity index (χ0) is 22.3. The van der Waals surface area contributed by atoms with E-state index in [0.717, 1.165) is 46.2 Å². The Morgan fingerprint density at radius 1 is 1.16 bits per heavy atom. The molecule has 1 saturated heterocycles. The van der Waals surface area contributed by atoms with Crippen molar-refractivity contribution in [1.82, 2.24) is 14.9 Å². The van der Waals surface area contributed by atoms with Gasteiger partial charge in [-0.2, -0.15) is 4.98 Å². The molecule has 0 atom stereocenters. The Labute approximate surface area is 193 Å². The van der Waals surface area contributed by atoms with Gasteiger partial charge in [-0.25, -0.2) is 4.98 Å². The first kappa shape index (κ1) is 21.3. The second kappa shape index (κ2) is 8.41. The minimum Gasteiger partial charge on any atom is -0.495 e. The summed E-state index contributed by atoms with van der Waals surface area (Å²) < 4.78 is 5.76. The molecule has 0 spiro atoms. The lowest BCUT2D eigenvalue weighted by Crippen LogP contribution is -2.42. The lowest BCUT2D eigenvalue weighted by Gasteiger charge is -2.37. The number of hydrogen-bond acceptors (Lipinski definition) is 8. The third-order valence-corrected chi connectivity index (χ3v) is 7.52. The minimum absolute atomic E-state index is 0.158. The lowest BCUT2D eigenvalue weighted by atomic mass is 10.0.